The third-order valence-corrected chi connectivity index (χ3v) is 7.58. The molecule has 2 fully saturated rings. The molecular formula is C24H31N5O3S. The zero-order valence-electron chi connectivity index (χ0n) is 18.9. The van der Waals surface area contributed by atoms with E-state index in [2.05, 4.69) is 9.69 Å². The number of nitrogen functional groups attached to an aromatic ring is 1. The van der Waals surface area contributed by atoms with Crippen molar-refractivity contribution in [1.82, 2.24) is 14.6 Å². The van der Waals surface area contributed by atoms with Gasteiger partial charge in [-0.1, -0.05) is 55.5 Å². The van der Waals surface area contributed by atoms with Crippen molar-refractivity contribution in [3.63, 3.8) is 0 Å². The number of rotatable bonds is 7. The molecule has 1 atom stereocenters. The second-order valence-electron chi connectivity index (χ2n) is 9.09. The molecule has 8 nitrogen and oxygen atoms in total. The monoisotopic (exact) mass is 469 g/mol. The van der Waals surface area contributed by atoms with Gasteiger partial charge in [0.1, 0.15) is 10.9 Å². The zero-order valence-corrected chi connectivity index (χ0v) is 19.7. The SMILES string of the molecule is Cc1ccc(C(C(=O)NC2CCCC2)N(C(=O)c2snc(C(N)=O)c2N)C2CCCC2)cc1. The van der Waals surface area contributed by atoms with Crippen LogP contribution in [0, 0.1) is 6.92 Å². The Labute approximate surface area is 197 Å². The number of primary amides is 1. The maximum atomic E-state index is 13.9. The number of aromatic nitrogens is 1. The average molecular weight is 470 g/mol. The van der Waals surface area contributed by atoms with Gasteiger partial charge in [-0.25, -0.2) is 0 Å². The highest BCUT2D eigenvalue weighted by Gasteiger charge is 2.40. The highest BCUT2D eigenvalue weighted by Crippen LogP contribution is 2.36. The highest BCUT2D eigenvalue weighted by molar-refractivity contribution is 7.09. The van der Waals surface area contributed by atoms with Gasteiger partial charge in [0.15, 0.2) is 5.69 Å². The fourth-order valence-corrected chi connectivity index (χ4v) is 5.71. The third-order valence-electron chi connectivity index (χ3n) is 6.73. The number of aryl methyl sites for hydroxylation is 1. The first-order valence-electron chi connectivity index (χ1n) is 11.6. The van der Waals surface area contributed by atoms with E-state index in [4.69, 9.17) is 11.5 Å². The minimum absolute atomic E-state index is 0.0145. The number of hydrogen-bond acceptors (Lipinski definition) is 6. The van der Waals surface area contributed by atoms with E-state index in [1.54, 1.807) is 4.90 Å². The van der Waals surface area contributed by atoms with Crippen molar-refractivity contribution >= 4 is 34.9 Å². The number of carbonyl (C=O) groups is 3. The van der Waals surface area contributed by atoms with Gasteiger partial charge >= 0.3 is 0 Å². The van der Waals surface area contributed by atoms with Gasteiger partial charge in [-0.15, -0.1) is 0 Å². The van der Waals surface area contributed by atoms with Crippen molar-refractivity contribution in [3.8, 4) is 0 Å². The summed E-state index contributed by atoms with van der Waals surface area (Å²) in [7, 11) is 0. The molecule has 33 heavy (non-hydrogen) atoms. The molecule has 0 spiro atoms. The summed E-state index contributed by atoms with van der Waals surface area (Å²) in [5, 5.41) is 3.19. The zero-order chi connectivity index (χ0) is 23.5. The standard InChI is InChI=1S/C24H31N5O3S/c1-14-10-12-15(13-11-14)20(23(31)27-16-6-2-3-7-16)29(17-8-4-5-9-17)24(32)21-18(25)19(22(26)30)28-33-21/h10-13,16-17,20H,2-9,25H2,1H3,(H2,26,30)(H,27,31). The molecule has 2 aliphatic carbocycles. The molecule has 2 aliphatic rings. The van der Waals surface area contributed by atoms with Crippen molar-refractivity contribution in [3.05, 3.63) is 46.0 Å². The average Bonchev–Trinajstić information content (AvgIpc) is 3.54. The van der Waals surface area contributed by atoms with E-state index >= 15 is 0 Å². The van der Waals surface area contributed by atoms with Crippen LogP contribution in [-0.4, -0.2) is 39.1 Å². The molecule has 1 heterocycles. The minimum Gasteiger partial charge on any atom is -0.395 e. The van der Waals surface area contributed by atoms with Crippen LogP contribution < -0.4 is 16.8 Å². The summed E-state index contributed by atoms with van der Waals surface area (Å²) in [5.41, 5.74) is 13.2. The van der Waals surface area contributed by atoms with Gasteiger partial charge in [0.2, 0.25) is 5.91 Å². The van der Waals surface area contributed by atoms with Crippen molar-refractivity contribution < 1.29 is 14.4 Å². The lowest BCUT2D eigenvalue weighted by Gasteiger charge is -2.36. The maximum Gasteiger partial charge on any atom is 0.270 e. The fourth-order valence-electron chi connectivity index (χ4n) is 4.96. The Morgan fingerprint density at radius 1 is 1.06 bits per heavy atom. The Hall–Kier alpha value is -2.94. The Morgan fingerprint density at radius 2 is 1.67 bits per heavy atom. The first kappa shape index (κ1) is 23.2. The normalized spacial score (nSPS) is 17.7. The number of carbonyl (C=O) groups excluding carboxylic acids is 3. The van der Waals surface area contributed by atoms with Crippen LogP contribution in [0.4, 0.5) is 5.69 Å². The molecule has 1 aromatic carbocycles. The van der Waals surface area contributed by atoms with Crippen LogP contribution in [-0.2, 0) is 4.79 Å². The second-order valence-corrected chi connectivity index (χ2v) is 9.87. The maximum absolute atomic E-state index is 13.9. The van der Waals surface area contributed by atoms with Gasteiger partial charge in [0, 0.05) is 12.1 Å². The van der Waals surface area contributed by atoms with E-state index < -0.39 is 11.9 Å². The van der Waals surface area contributed by atoms with Crippen molar-refractivity contribution in [2.24, 2.45) is 5.73 Å². The molecule has 4 rings (SSSR count). The molecule has 0 aliphatic heterocycles. The number of anilines is 1. The number of amides is 3. The summed E-state index contributed by atoms with van der Waals surface area (Å²) < 4.78 is 4.01. The van der Waals surface area contributed by atoms with Gasteiger partial charge in [-0.3, -0.25) is 14.4 Å². The van der Waals surface area contributed by atoms with Gasteiger partial charge in [-0.2, -0.15) is 4.37 Å². The molecule has 0 radical (unpaired) electrons. The van der Waals surface area contributed by atoms with Crippen LogP contribution in [0.3, 0.4) is 0 Å². The molecule has 1 unspecified atom stereocenters. The summed E-state index contributed by atoms with van der Waals surface area (Å²) in [6.07, 6.45) is 7.70. The van der Waals surface area contributed by atoms with Crippen molar-refractivity contribution in [1.29, 1.82) is 0 Å². The molecule has 2 aromatic rings. The van der Waals surface area contributed by atoms with Crippen LogP contribution in [0.2, 0.25) is 0 Å². The molecule has 2 saturated carbocycles. The minimum atomic E-state index is -0.791. The number of nitrogens with one attached hydrogen (secondary N) is 1. The van der Waals surface area contributed by atoms with Gasteiger partial charge < -0.3 is 21.7 Å². The van der Waals surface area contributed by atoms with Gasteiger partial charge in [-0.05, 0) is 49.7 Å². The third kappa shape index (κ3) is 4.88. The van der Waals surface area contributed by atoms with Gasteiger partial charge in [0.25, 0.3) is 11.8 Å². The first-order valence-corrected chi connectivity index (χ1v) is 12.4. The Morgan fingerprint density at radius 3 is 2.24 bits per heavy atom. The van der Waals surface area contributed by atoms with E-state index in [0.717, 1.165) is 74.0 Å². The lowest BCUT2D eigenvalue weighted by Crippen LogP contribution is -2.49. The molecular weight excluding hydrogens is 438 g/mol. The van der Waals surface area contributed by atoms with Crippen molar-refractivity contribution in [2.75, 3.05) is 5.73 Å². The van der Waals surface area contributed by atoms with E-state index in [9.17, 15) is 14.4 Å². The topological polar surface area (TPSA) is 131 Å². The van der Waals surface area contributed by atoms with E-state index in [0.29, 0.717) is 0 Å². The second kappa shape index (κ2) is 9.91. The summed E-state index contributed by atoms with van der Waals surface area (Å²) in [6.45, 7) is 1.99. The van der Waals surface area contributed by atoms with Crippen LogP contribution in [0.1, 0.15) is 88.7 Å². The van der Waals surface area contributed by atoms with Gasteiger partial charge in [0.05, 0.1) is 5.69 Å². The fraction of sp³-hybridized carbons (Fsp3) is 0.500. The van der Waals surface area contributed by atoms with Crippen LogP contribution in [0.25, 0.3) is 0 Å². The predicted molar refractivity (Wildman–Crippen MR) is 128 cm³/mol. The van der Waals surface area contributed by atoms with Crippen molar-refractivity contribution in [2.45, 2.75) is 76.4 Å². The molecule has 3 amide bonds. The van der Waals surface area contributed by atoms with Crippen LogP contribution in [0.5, 0.6) is 0 Å². The largest absolute Gasteiger partial charge is 0.395 e. The first-order chi connectivity index (χ1) is 15.9. The summed E-state index contributed by atoms with van der Waals surface area (Å²) in [6, 6.07) is 6.96. The Kier molecular flexibility index (Phi) is 6.97. The highest BCUT2D eigenvalue weighted by atomic mass is 32.1. The Bertz CT molecular complexity index is 1020. The van der Waals surface area contributed by atoms with E-state index in [1.807, 2.05) is 31.2 Å². The summed E-state index contributed by atoms with van der Waals surface area (Å²) >= 11 is 0.861. The molecule has 1 aromatic heterocycles. The van der Waals surface area contributed by atoms with E-state index in [1.165, 1.54) is 0 Å². The quantitative estimate of drug-likeness (QED) is 0.572. The molecule has 176 valence electrons. The predicted octanol–water partition coefficient (Wildman–Crippen LogP) is 3.32. The molecule has 0 saturated heterocycles. The summed E-state index contributed by atoms with van der Waals surface area (Å²) in [4.78, 5) is 41.1. The van der Waals surface area contributed by atoms with Crippen LogP contribution >= 0.6 is 11.5 Å². The number of hydrogen-bond donors (Lipinski definition) is 3. The molecule has 5 N–H and O–H groups in total. The van der Waals surface area contributed by atoms with Crippen LogP contribution in [0.15, 0.2) is 24.3 Å². The number of nitrogens with two attached hydrogens (primary N) is 2. The lowest BCUT2D eigenvalue weighted by molar-refractivity contribution is -0.127. The Balaban J connectivity index is 1.76. The smallest absolute Gasteiger partial charge is 0.270 e. The van der Waals surface area contributed by atoms with E-state index in [-0.39, 0.29) is 40.2 Å². The summed E-state index contributed by atoms with van der Waals surface area (Å²) in [5.74, 6) is -1.33. The number of benzene rings is 1. The molecule has 9 heteroatoms. The number of nitrogens with zero attached hydrogens (tertiary/aromatic N) is 2. The lowest BCUT2D eigenvalue weighted by atomic mass is 9.99. The molecule has 0 bridgehead atoms.